The minimum atomic E-state index is -2.64. The fraction of sp³-hybridized carbons (Fsp3) is 0.477. The molecule has 0 spiro atoms. The second kappa shape index (κ2) is 19.5. The van der Waals surface area contributed by atoms with Crippen LogP contribution in [0.5, 0.6) is 11.5 Å². The zero-order valence-corrected chi connectivity index (χ0v) is 37.9. The number of nitriles is 1. The zero-order chi connectivity index (χ0) is 43.1. The molecule has 4 aromatic rings. The molecule has 0 bridgehead atoms. The van der Waals surface area contributed by atoms with E-state index in [0.29, 0.717) is 11.5 Å². The van der Waals surface area contributed by atoms with Crippen LogP contribution < -0.4 is 20.7 Å². The molecular weight excluding hydrogens is 788 g/mol. The van der Waals surface area contributed by atoms with Gasteiger partial charge in [-0.3, -0.25) is 14.3 Å². The number of aromatic amines is 1. The number of benzene rings is 3. The van der Waals surface area contributed by atoms with Crippen molar-refractivity contribution >= 4 is 16.8 Å². The van der Waals surface area contributed by atoms with Gasteiger partial charge < -0.3 is 32.4 Å². The summed E-state index contributed by atoms with van der Waals surface area (Å²) >= 11 is 0. The molecule has 1 aromatic heterocycles. The van der Waals surface area contributed by atoms with Gasteiger partial charge in [0, 0.05) is 24.3 Å². The molecule has 1 fully saturated rings. The van der Waals surface area contributed by atoms with E-state index in [1.54, 1.807) is 14.2 Å². The van der Waals surface area contributed by atoms with E-state index in [1.165, 1.54) is 16.8 Å². The molecule has 318 valence electrons. The number of ether oxygens (including phenoxy) is 4. The predicted octanol–water partition coefficient (Wildman–Crippen LogP) is 8.12. The van der Waals surface area contributed by atoms with Crippen LogP contribution in [0.15, 0.2) is 101 Å². The molecule has 3 aromatic carbocycles. The molecule has 0 aliphatic carbocycles. The Hall–Kier alpha value is -4.16. The van der Waals surface area contributed by atoms with Crippen LogP contribution in [0.2, 0.25) is 18.1 Å². The molecule has 0 radical (unpaired) electrons. The third kappa shape index (κ3) is 10.2. The fourth-order valence-electron chi connectivity index (χ4n) is 7.06. The topological polar surface area (TPSA) is 147 Å². The highest BCUT2D eigenvalue weighted by Gasteiger charge is 2.54. The number of hydrogen-bond donors (Lipinski definition) is 1. The highest BCUT2D eigenvalue weighted by molar-refractivity contribution is 7.44. The van der Waals surface area contributed by atoms with E-state index in [0.717, 1.165) is 16.7 Å². The van der Waals surface area contributed by atoms with Crippen molar-refractivity contribution in [1.29, 1.82) is 5.26 Å². The summed E-state index contributed by atoms with van der Waals surface area (Å²) in [5.74, 6) is 1.37. The van der Waals surface area contributed by atoms with Crippen LogP contribution in [0.4, 0.5) is 0 Å². The predicted molar refractivity (Wildman–Crippen MR) is 231 cm³/mol. The van der Waals surface area contributed by atoms with Crippen LogP contribution in [0.1, 0.15) is 71.4 Å². The normalized spacial score (nSPS) is 19.3. The van der Waals surface area contributed by atoms with E-state index in [2.05, 4.69) is 49.6 Å². The van der Waals surface area contributed by atoms with Crippen LogP contribution in [0.25, 0.3) is 0 Å². The average molecular weight is 847 g/mol. The van der Waals surface area contributed by atoms with Gasteiger partial charge in [0.05, 0.1) is 26.9 Å². The Balaban J connectivity index is 1.73. The molecule has 59 heavy (non-hydrogen) atoms. The van der Waals surface area contributed by atoms with Gasteiger partial charge in [-0.15, -0.1) is 0 Å². The lowest BCUT2D eigenvalue weighted by Crippen LogP contribution is -2.50. The standard InChI is InChI=1S/C44H59N4O9PSi/c1-30(2)48(31(3)4)58(54-28-26-45)56-39-37(55-41(47-27-25-38(49)46-42(47)50)40(39)57-59(10,11)43(5,6)7)29-53-44(32-15-13-12-14-16-32,33-17-21-35(51-8)22-18-33)34-19-23-36(52-9)24-20-34/h12-25,27,30-31,37,39-41H,28-29H2,1-11H3,(H,46,49,50)/t37-,39-,40-,41-,58?/m1/s1. The van der Waals surface area contributed by atoms with Crippen molar-refractivity contribution < 1.29 is 32.4 Å². The molecule has 1 aliphatic heterocycles. The minimum Gasteiger partial charge on any atom is -0.497 e. The van der Waals surface area contributed by atoms with Crippen LogP contribution in [-0.4, -0.2) is 80.4 Å². The number of nitrogens with zero attached hydrogens (tertiary/aromatic N) is 3. The average Bonchev–Trinajstić information content (AvgIpc) is 3.52. The monoisotopic (exact) mass is 846 g/mol. The van der Waals surface area contributed by atoms with Gasteiger partial charge in [0.15, 0.2) is 14.5 Å². The Morgan fingerprint density at radius 3 is 1.86 bits per heavy atom. The van der Waals surface area contributed by atoms with E-state index >= 15 is 0 Å². The van der Waals surface area contributed by atoms with E-state index in [-0.39, 0.29) is 30.3 Å². The highest BCUT2D eigenvalue weighted by Crippen LogP contribution is 2.52. The van der Waals surface area contributed by atoms with Crippen molar-refractivity contribution in [3.05, 3.63) is 129 Å². The Morgan fingerprint density at radius 1 is 0.847 bits per heavy atom. The van der Waals surface area contributed by atoms with Gasteiger partial charge in [0.25, 0.3) is 14.1 Å². The van der Waals surface area contributed by atoms with Crippen LogP contribution in [0.3, 0.4) is 0 Å². The first-order valence-corrected chi connectivity index (χ1v) is 23.9. The maximum atomic E-state index is 13.6. The molecular formula is C44H59N4O9PSi. The van der Waals surface area contributed by atoms with Crippen molar-refractivity contribution in [3.8, 4) is 17.6 Å². The first-order chi connectivity index (χ1) is 28.0. The quantitative estimate of drug-likeness (QED) is 0.0589. The fourth-order valence-corrected chi connectivity index (χ4v) is 10.0. The second-order valence-electron chi connectivity index (χ2n) is 16.5. The number of aromatic nitrogens is 2. The Kier molecular flexibility index (Phi) is 15.2. The van der Waals surface area contributed by atoms with Gasteiger partial charge in [-0.25, -0.2) is 9.46 Å². The molecule has 2 heterocycles. The van der Waals surface area contributed by atoms with Crippen molar-refractivity contribution in [2.45, 2.75) is 109 Å². The summed E-state index contributed by atoms with van der Waals surface area (Å²) in [6.45, 7) is 18.6. The Bertz CT molecular complexity index is 2060. The van der Waals surface area contributed by atoms with Crippen molar-refractivity contribution in [1.82, 2.24) is 14.2 Å². The summed E-state index contributed by atoms with van der Waals surface area (Å²) in [5, 5.41) is 9.46. The first-order valence-electron chi connectivity index (χ1n) is 19.9. The molecule has 1 unspecified atom stereocenters. The van der Waals surface area contributed by atoms with Gasteiger partial charge in [-0.1, -0.05) is 75.4 Å². The van der Waals surface area contributed by atoms with Crippen LogP contribution >= 0.6 is 8.53 Å². The smallest absolute Gasteiger partial charge is 0.330 e. The zero-order valence-electron chi connectivity index (χ0n) is 36.0. The number of rotatable bonds is 18. The molecule has 1 N–H and O–H groups in total. The first kappa shape index (κ1) is 45.9. The lowest BCUT2D eigenvalue weighted by Gasteiger charge is -2.42. The summed E-state index contributed by atoms with van der Waals surface area (Å²) in [6.07, 6.45) is -2.26. The largest absolute Gasteiger partial charge is 0.497 e. The molecule has 0 saturated carbocycles. The molecule has 5 atom stereocenters. The second-order valence-corrected chi connectivity index (χ2v) is 22.7. The van der Waals surface area contributed by atoms with E-state index in [4.69, 9.17) is 32.4 Å². The summed E-state index contributed by atoms with van der Waals surface area (Å²) in [7, 11) is -1.28. The molecule has 1 aliphatic rings. The van der Waals surface area contributed by atoms with E-state index in [9.17, 15) is 14.9 Å². The molecule has 1 saturated heterocycles. The summed E-state index contributed by atoms with van der Waals surface area (Å²) in [5.41, 5.74) is 0.0779. The minimum absolute atomic E-state index is 0.0231. The summed E-state index contributed by atoms with van der Waals surface area (Å²) in [6, 6.07) is 28.7. The van der Waals surface area contributed by atoms with Crippen molar-refractivity contribution in [3.63, 3.8) is 0 Å². The molecule has 13 nitrogen and oxygen atoms in total. The van der Waals surface area contributed by atoms with Crippen LogP contribution in [-0.2, 0) is 28.5 Å². The van der Waals surface area contributed by atoms with E-state index < -0.39 is 58.2 Å². The molecule has 15 heteroatoms. The number of methoxy groups -OCH3 is 2. The molecule has 0 amide bonds. The SMILES string of the molecule is COc1ccc(C(OC[C@H]2O[C@@H](n3ccc(=O)[nH]c3=O)[C@H](O[Si](C)(C)C(C)(C)C)[C@@H]2OP(OCC#N)N(C(C)C)C(C)C)(c2ccccc2)c2ccc(OC)cc2)cc1. The van der Waals surface area contributed by atoms with Gasteiger partial charge in [-0.2, -0.15) is 5.26 Å². The maximum Gasteiger partial charge on any atom is 0.330 e. The Labute approximate surface area is 350 Å². The maximum absolute atomic E-state index is 13.6. The van der Waals surface area contributed by atoms with Gasteiger partial charge in [0.2, 0.25) is 0 Å². The molecule has 5 rings (SSSR count). The summed E-state index contributed by atoms with van der Waals surface area (Å²) in [4.78, 5) is 28.3. The van der Waals surface area contributed by atoms with E-state index in [1.807, 2.05) is 107 Å². The highest BCUT2D eigenvalue weighted by atomic mass is 31.2. The van der Waals surface area contributed by atoms with Gasteiger partial charge in [0.1, 0.15) is 42.0 Å². The third-order valence-electron chi connectivity index (χ3n) is 11.0. The summed E-state index contributed by atoms with van der Waals surface area (Å²) < 4.78 is 49.5. The number of H-pyrrole nitrogens is 1. The number of nitrogens with one attached hydrogen (secondary N) is 1. The number of hydrogen-bond acceptors (Lipinski definition) is 11. The third-order valence-corrected chi connectivity index (χ3v) is 17.5. The van der Waals surface area contributed by atoms with Crippen molar-refractivity contribution in [2.75, 3.05) is 27.4 Å². The van der Waals surface area contributed by atoms with Crippen LogP contribution in [0, 0.1) is 11.3 Å². The lowest BCUT2D eigenvalue weighted by atomic mass is 9.80. The van der Waals surface area contributed by atoms with Gasteiger partial charge >= 0.3 is 5.69 Å². The lowest BCUT2D eigenvalue weighted by molar-refractivity contribution is -0.0943. The van der Waals surface area contributed by atoms with Crippen molar-refractivity contribution in [2.24, 2.45) is 0 Å². The van der Waals surface area contributed by atoms with Gasteiger partial charge in [-0.05, 0) is 86.8 Å². The Morgan fingerprint density at radius 2 is 1.39 bits per heavy atom.